The van der Waals surface area contributed by atoms with E-state index < -0.39 is 0 Å². The molecule has 0 amide bonds. The summed E-state index contributed by atoms with van der Waals surface area (Å²) in [6.07, 6.45) is 1.56. The number of halogens is 2. The largest absolute Gasteiger partial charge is 0.207 e. The van der Waals surface area contributed by atoms with Crippen molar-refractivity contribution in [2.45, 2.75) is 39.0 Å². The SMILES string of the molecule is Cc1ccc(F)c(CCC(Cl)C(C)C)c1. The van der Waals surface area contributed by atoms with Crippen LogP contribution in [0.3, 0.4) is 0 Å². The van der Waals surface area contributed by atoms with Crippen molar-refractivity contribution in [3.05, 3.63) is 35.1 Å². The highest BCUT2D eigenvalue weighted by Crippen LogP contribution is 2.18. The second kappa shape index (κ2) is 5.50. The van der Waals surface area contributed by atoms with Gasteiger partial charge >= 0.3 is 0 Å². The fourth-order valence-corrected chi connectivity index (χ4v) is 1.63. The Morgan fingerprint density at radius 1 is 1.33 bits per heavy atom. The van der Waals surface area contributed by atoms with E-state index in [1.165, 1.54) is 6.07 Å². The Kier molecular flexibility index (Phi) is 4.59. The maximum Gasteiger partial charge on any atom is 0.126 e. The molecule has 1 atom stereocenters. The molecular weight excluding hydrogens is 211 g/mol. The third-order valence-corrected chi connectivity index (χ3v) is 3.34. The van der Waals surface area contributed by atoms with Gasteiger partial charge in [0.05, 0.1) is 0 Å². The van der Waals surface area contributed by atoms with Gasteiger partial charge in [-0.1, -0.05) is 31.5 Å². The molecule has 0 heterocycles. The molecule has 0 aliphatic rings. The summed E-state index contributed by atoms with van der Waals surface area (Å²) in [4.78, 5) is 0. The third kappa shape index (κ3) is 3.83. The molecule has 0 radical (unpaired) electrons. The van der Waals surface area contributed by atoms with Crippen molar-refractivity contribution < 1.29 is 4.39 Å². The molecule has 0 aliphatic heterocycles. The standard InChI is InChI=1S/C13H18ClF/c1-9(2)12(14)6-5-11-8-10(3)4-7-13(11)15/h4,7-9,12H,5-6H2,1-3H3. The molecule has 0 saturated heterocycles. The topological polar surface area (TPSA) is 0 Å². The lowest BCUT2D eigenvalue weighted by Crippen LogP contribution is -2.09. The summed E-state index contributed by atoms with van der Waals surface area (Å²) in [5, 5.41) is 0.130. The van der Waals surface area contributed by atoms with Crippen LogP contribution in [0.2, 0.25) is 0 Å². The molecule has 1 rings (SSSR count). The Balaban J connectivity index is 2.61. The van der Waals surface area contributed by atoms with Gasteiger partial charge in [0.1, 0.15) is 5.82 Å². The van der Waals surface area contributed by atoms with E-state index in [0.717, 1.165) is 24.0 Å². The van der Waals surface area contributed by atoms with Crippen LogP contribution in [-0.4, -0.2) is 5.38 Å². The minimum atomic E-state index is -0.117. The monoisotopic (exact) mass is 228 g/mol. The van der Waals surface area contributed by atoms with E-state index in [9.17, 15) is 4.39 Å². The number of aryl methyl sites for hydroxylation is 2. The van der Waals surface area contributed by atoms with Crippen molar-refractivity contribution in [3.8, 4) is 0 Å². The lowest BCUT2D eigenvalue weighted by Gasteiger charge is -2.13. The van der Waals surface area contributed by atoms with E-state index >= 15 is 0 Å². The zero-order valence-corrected chi connectivity index (χ0v) is 10.3. The van der Waals surface area contributed by atoms with Gasteiger partial charge in [-0.3, -0.25) is 0 Å². The molecule has 0 spiro atoms. The third-order valence-electron chi connectivity index (χ3n) is 2.61. The van der Waals surface area contributed by atoms with Crippen molar-refractivity contribution in [1.29, 1.82) is 0 Å². The van der Waals surface area contributed by atoms with Crippen LogP contribution in [0.1, 0.15) is 31.4 Å². The van der Waals surface area contributed by atoms with Crippen LogP contribution in [0.4, 0.5) is 4.39 Å². The molecule has 0 saturated carbocycles. The molecule has 2 heteroatoms. The molecule has 84 valence electrons. The molecule has 0 aromatic heterocycles. The zero-order valence-electron chi connectivity index (χ0n) is 9.56. The van der Waals surface area contributed by atoms with Crippen LogP contribution in [0.25, 0.3) is 0 Å². The van der Waals surface area contributed by atoms with Gasteiger partial charge in [0.2, 0.25) is 0 Å². The normalized spacial score (nSPS) is 13.2. The van der Waals surface area contributed by atoms with Crippen molar-refractivity contribution in [2.75, 3.05) is 0 Å². The predicted molar refractivity (Wildman–Crippen MR) is 63.9 cm³/mol. The number of alkyl halides is 1. The van der Waals surface area contributed by atoms with E-state index in [-0.39, 0.29) is 11.2 Å². The summed E-state index contributed by atoms with van der Waals surface area (Å²) in [5.74, 6) is 0.327. The second-order valence-electron chi connectivity index (χ2n) is 4.39. The first-order valence-corrected chi connectivity index (χ1v) is 5.83. The first kappa shape index (κ1) is 12.5. The molecule has 1 aromatic rings. The highest BCUT2D eigenvalue weighted by molar-refractivity contribution is 6.20. The summed E-state index contributed by atoms with van der Waals surface area (Å²) >= 11 is 6.14. The average molecular weight is 229 g/mol. The highest BCUT2D eigenvalue weighted by atomic mass is 35.5. The van der Waals surface area contributed by atoms with Crippen LogP contribution in [0.15, 0.2) is 18.2 Å². The maximum atomic E-state index is 13.4. The molecule has 0 N–H and O–H groups in total. The van der Waals surface area contributed by atoms with E-state index in [0.29, 0.717) is 5.92 Å². The Morgan fingerprint density at radius 2 is 2.00 bits per heavy atom. The van der Waals surface area contributed by atoms with Gasteiger partial charge in [-0.25, -0.2) is 4.39 Å². The zero-order chi connectivity index (χ0) is 11.4. The summed E-state index contributed by atoms with van der Waals surface area (Å²) in [5.41, 5.74) is 1.88. The Labute approximate surface area is 96.5 Å². The predicted octanol–water partition coefficient (Wildman–Crippen LogP) is 4.33. The van der Waals surface area contributed by atoms with Crippen molar-refractivity contribution in [2.24, 2.45) is 5.92 Å². The lowest BCUT2D eigenvalue weighted by molar-refractivity contribution is 0.550. The highest BCUT2D eigenvalue weighted by Gasteiger charge is 2.11. The van der Waals surface area contributed by atoms with Crippen LogP contribution < -0.4 is 0 Å². The van der Waals surface area contributed by atoms with E-state index in [1.54, 1.807) is 6.07 Å². The van der Waals surface area contributed by atoms with Gasteiger partial charge in [0.15, 0.2) is 0 Å². The van der Waals surface area contributed by atoms with E-state index in [4.69, 9.17) is 11.6 Å². The van der Waals surface area contributed by atoms with Gasteiger partial charge in [-0.05, 0) is 37.3 Å². The minimum absolute atomic E-state index is 0.117. The Bertz CT molecular complexity index is 320. The molecule has 1 aromatic carbocycles. The summed E-state index contributed by atoms with van der Waals surface area (Å²) in [7, 11) is 0. The molecule has 0 bridgehead atoms. The van der Waals surface area contributed by atoms with Crippen LogP contribution in [-0.2, 0) is 6.42 Å². The number of benzene rings is 1. The maximum absolute atomic E-state index is 13.4. The average Bonchev–Trinajstić information content (AvgIpc) is 2.18. The molecule has 15 heavy (non-hydrogen) atoms. The summed E-state index contributed by atoms with van der Waals surface area (Å²) in [6.45, 7) is 6.15. The smallest absolute Gasteiger partial charge is 0.126 e. The molecular formula is C13H18ClF. The first-order chi connectivity index (χ1) is 7.00. The molecule has 1 unspecified atom stereocenters. The fourth-order valence-electron chi connectivity index (χ4n) is 1.52. The number of hydrogen-bond acceptors (Lipinski definition) is 0. The van der Waals surface area contributed by atoms with Gasteiger partial charge in [0.25, 0.3) is 0 Å². The van der Waals surface area contributed by atoms with Crippen LogP contribution in [0.5, 0.6) is 0 Å². The summed E-state index contributed by atoms with van der Waals surface area (Å²) in [6, 6.07) is 5.22. The van der Waals surface area contributed by atoms with Crippen LogP contribution >= 0.6 is 11.6 Å². The van der Waals surface area contributed by atoms with Crippen molar-refractivity contribution in [1.82, 2.24) is 0 Å². The fraction of sp³-hybridized carbons (Fsp3) is 0.538. The Morgan fingerprint density at radius 3 is 2.60 bits per heavy atom. The van der Waals surface area contributed by atoms with Crippen LogP contribution in [0, 0.1) is 18.7 Å². The first-order valence-electron chi connectivity index (χ1n) is 5.40. The number of rotatable bonds is 4. The lowest BCUT2D eigenvalue weighted by atomic mass is 10.0. The molecule has 0 nitrogen and oxygen atoms in total. The Hall–Kier alpha value is -0.560. The van der Waals surface area contributed by atoms with E-state index in [2.05, 4.69) is 13.8 Å². The summed E-state index contributed by atoms with van der Waals surface area (Å²) < 4.78 is 13.4. The minimum Gasteiger partial charge on any atom is -0.207 e. The van der Waals surface area contributed by atoms with Gasteiger partial charge in [-0.15, -0.1) is 11.6 Å². The van der Waals surface area contributed by atoms with Gasteiger partial charge in [-0.2, -0.15) is 0 Å². The number of hydrogen-bond donors (Lipinski definition) is 0. The molecule has 0 aliphatic carbocycles. The quantitative estimate of drug-likeness (QED) is 0.673. The van der Waals surface area contributed by atoms with Gasteiger partial charge in [0, 0.05) is 5.38 Å². The molecule has 0 fully saturated rings. The second-order valence-corrected chi connectivity index (χ2v) is 4.95. The van der Waals surface area contributed by atoms with Gasteiger partial charge < -0.3 is 0 Å². The van der Waals surface area contributed by atoms with E-state index in [1.807, 2.05) is 13.0 Å². The van der Waals surface area contributed by atoms with Crippen molar-refractivity contribution in [3.63, 3.8) is 0 Å². The van der Waals surface area contributed by atoms with Crippen molar-refractivity contribution >= 4 is 11.6 Å².